The molecule has 0 saturated carbocycles. The predicted molar refractivity (Wildman–Crippen MR) is 106 cm³/mol. The Hall–Kier alpha value is -1.12. The molecule has 1 nitrogen and oxygen atoms in total. The topological polar surface area (TPSA) is 12.0 Å². The molecule has 1 unspecified atom stereocenters. The van der Waals surface area contributed by atoms with E-state index in [2.05, 4.69) is 75.8 Å². The third kappa shape index (κ3) is 4.68. The summed E-state index contributed by atoms with van der Waals surface area (Å²) in [6.07, 6.45) is 9.43. The summed E-state index contributed by atoms with van der Waals surface area (Å²) in [5, 5.41) is 0. The van der Waals surface area contributed by atoms with Gasteiger partial charge in [-0.25, -0.2) is 0 Å². The summed E-state index contributed by atoms with van der Waals surface area (Å²) in [6, 6.07) is 9.04. The molecule has 0 heterocycles. The molecule has 0 aliphatic heterocycles. The van der Waals surface area contributed by atoms with Gasteiger partial charge in [-0.2, -0.15) is 0 Å². The van der Waals surface area contributed by atoms with Crippen molar-refractivity contribution < 1.29 is 0 Å². The van der Waals surface area contributed by atoms with Gasteiger partial charge in [-0.05, 0) is 63.2 Å². The second-order valence-electron chi connectivity index (χ2n) is 8.39. The van der Waals surface area contributed by atoms with Crippen molar-refractivity contribution >= 4 is 13.8 Å². The molecule has 1 aromatic carbocycles. The normalized spacial score (nSPS) is 17.8. The smallest absolute Gasteiger partial charge is 0.131 e. The van der Waals surface area contributed by atoms with Crippen LogP contribution in [0.2, 0.25) is 13.1 Å². The average Bonchev–Trinajstić information content (AvgIpc) is 2.81. The molecule has 0 fully saturated rings. The SMILES string of the molecule is C=CCCCCC1=CC([Si](C)(C)NC(C)(C)C)c2ccccc21. The van der Waals surface area contributed by atoms with E-state index in [0.717, 1.165) is 6.42 Å². The summed E-state index contributed by atoms with van der Waals surface area (Å²) in [7, 11) is -1.60. The summed E-state index contributed by atoms with van der Waals surface area (Å²) in [4.78, 5) is 3.96. The van der Waals surface area contributed by atoms with Gasteiger partial charge in [0.2, 0.25) is 0 Å². The lowest BCUT2D eigenvalue weighted by Gasteiger charge is -2.37. The molecule has 2 heteroatoms. The zero-order valence-corrected chi connectivity index (χ0v) is 16.6. The maximum atomic E-state index is 3.96. The van der Waals surface area contributed by atoms with E-state index in [1.54, 1.807) is 11.1 Å². The largest absolute Gasteiger partial charge is 0.332 e. The van der Waals surface area contributed by atoms with Gasteiger partial charge in [0.1, 0.15) is 8.24 Å². The standard InChI is InChI=1S/C21H33NSi/c1-7-8-9-10-13-17-16-20(19-15-12-11-14-18(17)19)23(5,6)22-21(2,3)4/h7,11-12,14-16,20,22H,1,8-10,13H2,2-6H3. The molecular formula is C21H33NSi. The highest BCUT2D eigenvalue weighted by Gasteiger charge is 2.38. The second kappa shape index (κ2) is 7.19. The van der Waals surface area contributed by atoms with Crippen LogP contribution >= 0.6 is 0 Å². The van der Waals surface area contributed by atoms with E-state index in [9.17, 15) is 0 Å². The molecule has 1 N–H and O–H groups in total. The molecule has 1 aliphatic rings. The molecule has 126 valence electrons. The highest BCUT2D eigenvalue weighted by Crippen LogP contribution is 2.42. The van der Waals surface area contributed by atoms with Crippen molar-refractivity contribution in [2.24, 2.45) is 0 Å². The molecular weight excluding hydrogens is 294 g/mol. The van der Waals surface area contributed by atoms with Crippen molar-refractivity contribution in [2.45, 2.75) is 70.6 Å². The van der Waals surface area contributed by atoms with Crippen LogP contribution in [0.15, 0.2) is 43.0 Å². The summed E-state index contributed by atoms with van der Waals surface area (Å²) < 4.78 is 0. The summed E-state index contributed by atoms with van der Waals surface area (Å²) in [6.45, 7) is 15.6. The lowest BCUT2D eigenvalue weighted by Crippen LogP contribution is -2.57. The lowest BCUT2D eigenvalue weighted by molar-refractivity contribution is 0.509. The number of unbranched alkanes of at least 4 members (excludes halogenated alkanes) is 2. The second-order valence-corrected chi connectivity index (χ2v) is 12.7. The van der Waals surface area contributed by atoms with E-state index >= 15 is 0 Å². The lowest BCUT2D eigenvalue weighted by atomic mass is 10.0. The third-order valence-electron chi connectivity index (χ3n) is 4.59. The molecule has 1 aromatic rings. The van der Waals surface area contributed by atoms with E-state index in [1.807, 2.05) is 6.08 Å². The molecule has 1 atom stereocenters. The third-order valence-corrected chi connectivity index (χ3v) is 8.02. The first kappa shape index (κ1) is 18.2. The number of nitrogens with one attached hydrogen (secondary N) is 1. The molecule has 0 saturated heterocycles. The van der Waals surface area contributed by atoms with Crippen LogP contribution in [0, 0.1) is 0 Å². The summed E-state index contributed by atoms with van der Waals surface area (Å²) in [5.74, 6) is 0. The number of hydrogen-bond acceptors (Lipinski definition) is 1. The minimum Gasteiger partial charge on any atom is -0.332 e. The molecule has 0 aromatic heterocycles. The van der Waals surface area contributed by atoms with Crippen molar-refractivity contribution in [1.29, 1.82) is 0 Å². The van der Waals surface area contributed by atoms with Crippen molar-refractivity contribution in [3.05, 3.63) is 54.1 Å². The van der Waals surface area contributed by atoms with Crippen LogP contribution in [0.1, 0.15) is 63.1 Å². The summed E-state index contributed by atoms with van der Waals surface area (Å²) >= 11 is 0. The first-order valence-electron chi connectivity index (χ1n) is 8.95. The Bertz CT molecular complexity index is 578. The van der Waals surface area contributed by atoms with Crippen LogP contribution in [-0.4, -0.2) is 13.8 Å². The van der Waals surface area contributed by atoms with Crippen molar-refractivity contribution in [3.63, 3.8) is 0 Å². The van der Waals surface area contributed by atoms with Gasteiger partial charge in [-0.3, -0.25) is 0 Å². The Balaban J connectivity index is 2.23. The number of fused-ring (bicyclic) bond motifs is 1. The highest BCUT2D eigenvalue weighted by molar-refractivity contribution is 6.77. The zero-order valence-electron chi connectivity index (χ0n) is 15.6. The molecule has 0 radical (unpaired) electrons. The van der Waals surface area contributed by atoms with Gasteiger partial charge in [0.15, 0.2) is 0 Å². The monoisotopic (exact) mass is 327 g/mol. The van der Waals surface area contributed by atoms with Gasteiger partial charge in [-0.1, -0.05) is 49.5 Å². The van der Waals surface area contributed by atoms with Gasteiger partial charge in [0.25, 0.3) is 0 Å². The van der Waals surface area contributed by atoms with E-state index in [-0.39, 0.29) is 5.54 Å². The van der Waals surface area contributed by atoms with Crippen LogP contribution in [0.25, 0.3) is 5.57 Å². The van der Waals surface area contributed by atoms with Crippen molar-refractivity contribution in [3.8, 4) is 0 Å². The molecule has 0 bridgehead atoms. The maximum Gasteiger partial charge on any atom is 0.131 e. The quantitative estimate of drug-likeness (QED) is 0.365. The van der Waals surface area contributed by atoms with Gasteiger partial charge in [0.05, 0.1) is 0 Å². The molecule has 0 spiro atoms. The fraction of sp³-hybridized carbons (Fsp3) is 0.524. The van der Waals surface area contributed by atoms with Crippen LogP contribution in [0.3, 0.4) is 0 Å². The first-order valence-corrected chi connectivity index (χ1v) is 12.0. The number of hydrogen-bond donors (Lipinski definition) is 1. The fourth-order valence-corrected chi connectivity index (χ4v) is 7.64. The van der Waals surface area contributed by atoms with Crippen molar-refractivity contribution in [1.82, 2.24) is 4.98 Å². The maximum absolute atomic E-state index is 3.96. The average molecular weight is 328 g/mol. The molecule has 23 heavy (non-hydrogen) atoms. The first-order chi connectivity index (χ1) is 10.7. The van der Waals surface area contributed by atoms with Gasteiger partial charge in [-0.15, -0.1) is 6.58 Å². The highest BCUT2D eigenvalue weighted by atomic mass is 28.3. The Morgan fingerprint density at radius 1 is 1.17 bits per heavy atom. The minimum absolute atomic E-state index is 0.172. The van der Waals surface area contributed by atoms with E-state index < -0.39 is 8.24 Å². The number of rotatable bonds is 7. The van der Waals surface area contributed by atoms with Gasteiger partial charge >= 0.3 is 0 Å². The Morgan fingerprint density at radius 2 is 1.87 bits per heavy atom. The number of benzene rings is 1. The molecule has 0 amide bonds. The molecule has 1 aliphatic carbocycles. The number of allylic oxidation sites excluding steroid dienone is 3. The predicted octanol–water partition coefficient (Wildman–Crippen LogP) is 6.05. The van der Waals surface area contributed by atoms with Crippen LogP contribution in [-0.2, 0) is 0 Å². The minimum atomic E-state index is -1.60. The van der Waals surface area contributed by atoms with Crippen LogP contribution in [0.5, 0.6) is 0 Å². The Labute approximate surface area is 144 Å². The van der Waals surface area contributed by atoms with Crippen LogP contribution in [0.4, 0.5) is 0 Å². The molecule has 2 rings (SSSR count). The van der Waals surface area contributed by atoms with E-state index in [0.29, 0.717) is 5.54 Å². The van der Waals surface area contributed by atoms with Crippen LogP contribution < -0.4 is 4.98 Å². The van der Waals surface area contributed by atoms with E-state index in [1.165, 1.54) is 24.8 Å². The Morgan fingerprint density at radius 3 is 2.52 bits per heavy atom. The van der Waals surface area contributed by atoms with Gasteiger partial charge in [0, 0.05) is 11.1 Å². The fourth-order valence-electron chi connectivity index (χ4n) is 3.90. The van der Waals surface area contributed by atoms with Gasteiger partial charge < -0.3 is 4.98 Å². The van der Waals surface area contributed by atoms with E-state index in [4.69, 9.17) is 0 Å². The Kier molecular flexibility index (Phi) is 5.69. The van der Waals surface area contributed by atoms with Crippen molar-refractivity contribution in [2.75, 3.05) is 0 Å². The zero-order chi connectivity index (χ0) is 17.1. The summed E-state index contributed by atoms with van der Waals surface area (Å²) in [5.41, 5.74) is 5.34.